The van der Waals surface area contributed by atoms with Gasteiger partial charge < -0.3 is 14.4 Å². The Bertz CT molecular complexity index is 668. The number of rotatable bonds is 7. The monoisotopic (exact) mass is 327 g/mol. The standard InChI is InChI=1S/C19H21NO4/c1-3-23-19(22)20(2)13-14-24-17-11-9-16(10-12-17)18(21)15-7-5-4-6-8-15/h4-12H,3,13-14H2,1-2H3. The minimum atomic E-state index is -0.370. The molecule has 24 heavy (non-hydrogen) atoms. The summed E-state index contributed by atoms with van der Waals surface area (Å²) in [6, 6.07) is 16.1. The fourth-order valence-electron chi connectivity index (χ4n) is 2.08. The minimum absolute atomic E-state index is 0.0239. The summed E-state index contributed by atoms with van der Waals surface area (Å²) < 4.78 is 10.5. The summed E-state index contributed by atoms with van der Waals surface area (Å²) in [7, 11) is 1.66. The first-order valence-corrected chi connectivity index (χ1v) is 7.82. The van der Waals surface area contributed by atoms with E-state index in [0.29, 0.717) is 36.6 Å². The second-order valence-corrected chi connectivity index (χ2v) is 5.19. The van der Waals surface area contributed by atoms with Crippen molar-refractivity contribution < 1.29 is 19.1 Å². The van der Waals surface area contributed by atoms with Crippen molar-refractivity contribution in [3.05, 3.63) is 65.7 Å². The lowest BCUT2D eigenvalue weighted by atomic mass is 10.0. The van der Waals surface area contributed by atoms with E-state index in [1.807, 2.05) is 18.2 Å². The number of amides is 1. The largest absolute Gasteiger partial charge is 0.492 e. The van der Waals surface area contributed by atoms with Crippen LogP contribution < -0.4 is 4.74 Å². The van der Waals surface area contributed by atoms with Gasteiger partial charge in [-0.3, -0.25) is 4.79 Å². The van der Waals surface area contributed by atoms with Crippen LogP contribution in [-0.2, 0) is 4.74 Å². The quantitative estimate of drug-likeness (QED) is 0.732. The van der Waals surface area contributed by atoms with Crippen LogP contribution in [0.4, 0.5) is 4.79 Å². The summed E-state index contributed by atoms with van der Waals surface area (Å²) in [5, 5.41) is 0. The van der Waals surface area contributed by atoms with Gasteiger partial charge in [-0.25, -0.2) is 4.79 Å². The average molecular weight is 327 g/mol. The molecular formula is C19H21NO4. The molecule has 0 bridgehead atoms. The lowest BCUT2D eigenvalue weighted by Gasteiger charge is -2.16. The van der Waals surface area contributed by atoms with Gasteiger partial charge >= 0.3 is 6.09 Å². The van der Waals surface area contributed by atoms with Gasteiger partial charge in [0.05, 0.1) is 13.2 Å². The molecule has 0 saturated heterocycles. The normalized spacial score (nSPS) is 10.1. The number of nitrogens with zero attached hydrogens (tertiary/aromatic N) is 1. The summed E-state index contributed by atoms with van der Waals surface area (Å²) in [5.41, 5.74) is 1.26. The van der Waals surface area contributed by atoms with Crippen LogP contribution in [0.5, 0.6) is 5.75 Å². The predicted molar refractivity (Wildman–Crippen MR) is 91.5 cm³/mol. The van der Waals surface area contributed by atoms with E-state index in [-0.39, 0.29) is 11.9 Å². The van der Waals surface area contributed by atoms with E-state index >= 15 is 0 Å². The molecule has 5 nitrogen and oxygen atoms in total. The maximum Gasteiger partial charge on any atom is 0.409 e. The third kappa shape index (κ3) is 4.84. The van der Waals surface area contributed by atoms with Crippen LogP contribution in [0.1, 0.15) is 22.8 Å². The van der Waals surface area contributed by atoms with Gasteiger partial charge in [0, 0.05) is 18.2 Å². The number of hydrogen-bond donors (Lipinski definition) is 0. The number of carbonyl (C=O) groups excluding carboxylic acids is 2. The Balaban J connectivity index is 1.86. The van der Waals surface area contributed by atoms with Gasteiger partial charge in [-0.05, 0) is 31.2 Å². The van der Waals surface area contributed by atoms with Crippen molar-refractivity contribution in [2.24, 2.45) is 0 Å². The minimum Gasteiger partial charge on any atom is -0.492 e. The summed E-state index contributed by atoms with van der Waals surface area (Å²) in [5.74, 6) is 0.626. The maximum atomic E-state index is 12.3. The number of hydrogen-bond acceptors (Lipinski definition) is 4. The van der Waals surface area contributed by atoms with Gasteiger partial charge in [0.25, 0.3) is 0 Å². The van der Waals surface area contributed by atoms with Crippen LogP contribution in [0, 0.1) is 0 Å². The molecule has 0 spiro atoms. The molecule has 2 rings (SSSR count). The van der Waals surface area contributed by atoms with E-state index in [9.17, 15) is 9.59 Å². The highest BCUT2D eigenvalue weighted by molar-refractivity contribution is 6.08. The highest BCUT2D eigenvalue weighted by atomic mass is 16.6. The molecule has 0 aliphatic heterocycles. The lowest BCUT2D eigenvalue weighted by Crippen LogP contribution is -2.31. The van der Waals surface area contributed by atoms with E-state index in [0.717, 1.165) is 0 Å². The van der Waals surface area contributed by atoms with Gasteiger partial charge in [0.15, 0.2) is 5.78 Å². The zero-order chi connectivity index (χ0) is 17.4. The van der Waals surface area contributed by atoms with Gasteiger partial charge in [0.1, 0.15) is 12.4 Å². The van der Waals surface area contributed by atoms with Crippen molar-refractivity contribution in [2.45, 2.75) is 6.92 Å². The molecule has 1 amide bonds. The van der Waals surface area contributed by atoms with Crippen LogP contribution in [0.25, 0.3) is 0 Å². The summed E-state index contributed by atoms with van der Waals surface area (Å²) in [6.07, 6.45) is -0.370. The van der Waals surface area contributed by atoms with Gasteiger partial charge in [-0.1, -0.05) is 30.3 Å². The first-order chi connectivity index (χ1) is 11.6. The Morgan fingerprint density at radius 3 is 2.21 bits per heavy atom. The SMILES string of the molecule is CCOC(=O)N(C)CCOc1ccc(C(=O)c2ccccc2)cc1. The van der Waals surface area contributed by atoms with E-state index in [1.54, 1.807) is 50.4 Å². The smallest absolute Gasteiger partial charge is 0.409 e. The van der Waals surface area contributed by atoms with Crippen molar-refractivity contribution in [1.82, 2.24) is 4.90 Å². The molecule has 0 aliphatic carbocycles. The van der Waals surface area contributed by atoms with Crippen LogP contribution in [0.15, 0.2) is 54.6 Å². The second-order valence-electron chi connectivity index (χ2n) is 5.19. The molecule has 0 N–H and O–H groups in total. The topological polar surface area (TPSA) is 55.8 Å². The Kier molecular flexibility index (Phi) is 6.37. The fourth-order valence-corrected chi connectivity index (χ4v) is 2.08. The first kappa shape index (κ1) is 17.5. The number of ketones is 1. The zero-order valence-corrected chi connectivity index (χ0v) is 13.9. The van der Waals surface area contributed by atoms with Gasteiger partial charge in [-0.15, -0.1) is 0 Å². The Morgan fingerprint density at radius 2 is 1.58 bits per heavy atom. The van der Waals surface area contributed by atoms with Crippen molar-refractivity contribution in [1.29, 1.82) is 0 Å². The molecule has 2 aromatic rings. The van der Waals surface area contributed by atoms with Crippen LogP contribution in [0.3, 0.4) is 0 Å². The molecule has 0 unspecified atom stereocenters. The highest BCUT2D eigenvalue weighted by Crippen LogP contribution is 2.15. The summed E-state index contributed by atoms with van der Waals surface area (Å²) in [4.78, 5) is 25.2. The van der Waals surface area contributed by atoms with Crippen molar-refractivity contribution in [3.8, 4) is 5.75 Å². The van der Waals surface area contributed by atoms with Gasteiger partial charge in [-0.2, -0.15) is 0 Å². The lowest BCUT2D eigenvalue weighted by molar-refractivity contribution is 0.103. The Morgan fingerprint density at radius 1 is 0.958 bits per heavy atom. The third-order valence-corrected chi connectivity index (χ3v) is 3.43. The molecule has 0 radical (unpaired) electrons. The van der Waals surface area contributed by atoms with Crippen molar-refractivity contribution in [3.63, 3.8) is 0 Å². The number of benzene rings is 2. The molecule has 0 heterocycles. The summed E-state index contributed by atoms with van der Waals surface area (Å²) in [6.45, 7) is 2.88. The zero-order valence-electron chi connectivity index (χ0n) is 13.9. The van der Waals surface area contributed by atoms with Crippen molar-refractivity contribution in [2.75, 3.05) is 26.8 Å². The third-order valence-electron chi connectivity index (χ3n) is 3.43. The first-order valence-electron chi connectivity index (χ1n) is 7.82. The van der Waals surface area contributed by atoms with Crippen LogP contribution in [0.2, 0.25) is 0 Å². The van der Waals surface area contributed by atoms with Crippen LogP contribution in [-0.4, -0.2) is 43.6 Å². The summed E-state index contributed by atoms with van der Waals surface area (Å²) >= 11 is 0. The number of likely N-dealkylation sites (N-methyl/N-ethyl adjacent to an activating group) is 1. The van der Waals surface area contributed by atoms with Crippen LogP contribution >= 0.6 is 0 Å². The molecule has 0 aromatic heterocycles. The van der Waals surface area contributed by atoms with Crippen molar-refractivity contribution >= 4 is 11.9 Å². The molecule has 5 heteroatoms. The van der Waals surface area contributed by atoms with E-state index in [4.69, 9.17) is 9.47 Å². The predicted octanol–water partition coefficient (Wildman–Crippen LogP) is 3.38. The Hall–Kier alpha value is -2.82. The highest BCUT2D eigenvalue weighted by Gasteiger charge is 2.10. The van der Waals surface area contributed by atoms with Gasteiger partial charge in [0.2, 0.25) is 0 Å². The molecule has 2 aromatic carbocycles. The molecule has 0 aliphatic rings. The average Bonchev–Trinajstić information content (AvgIpc) is 2.62. The molecule has 126 valence electrons. The molecular weight excluding hydrogens is 306 g/mol. The second kappa shape index (κ2) is 8.72. The maximum absolute atomic E-state index is 12.3. The fraction of sp³-hybridized carbons (Fsp3) is 0.263. The molecule has 0 saturated carbocycles. The van der Waals surface area contributed by atoms with E-state index < -0.39 is 0 Å². The van der Waals surface area contributed by atoms with E-state index in [1.165, 1.54) is 4.90 Å². The molecule has 0 fully saturated rings. The Labute approximate surface area is 141 Å². The molecule has 0 atom stereocenters. The van der Waals surface area contributed by atoms with E-state index in [2.05, 4.69) is 0 Å². The number of carbonyl (C=O) groups is 2. The number of ether oxygens (including phenoxy) is 2.